The Kier molecular flexibility index (Phi) is 3.90. The van der Waals surface area contributed by atoms with Gasteiger partial charge in [-0.05, 0) is 13.8 Å². The quantitative estimate of drug-likeness (QED) is 0.593. The van der Waals surface area contributed by atoms with E-state index in [4.69, 9.17) is 5.73 Å². The number of primary amides is 1. The molecule has 6 heteroatoms. The second-order valence-electron chi connectivity index (χ2n) is 3.09. The maximum atomic E-state index is 10.9. The number of hydrogen-bond acceptors (Lipinski definition) is 4. The average molecular weight is 226 g/mol. The molecule has 2 N–H and O–H groups in total. The number of nitrogens with zero attached hydrogens (tertiary/aromatic N) is 3. The van der Waals surface area contributed by atoms with Crippen LogP contribution in [0.5, 0.6) is 0 Å². The topological polar surface area (TPSA) is 73.8 Å². The van der Waals surface area contributed by atoms with Crippen LogP contribution in [0.1, 0.15) is 12.7 Å². The van der Waals surface area contributed by atoms with Crippen LogP contribution in [0.15, 0.2) is 17.8 Å². The summed E-state index contributed by atoms with van der Waals surface area (Å²) in [5.74, 6) is 0.444. The number of aryl methyl sites for hydroxylation is 1. The Morgan fingerprint density at radius 1 is 1.73 bits per heavy atom. The predicted molar refractivity (Wildman–Crippen MR) is 59.5 cm³/mol. The summed E-state index contributed by atoms with van der Waals surface area (Å²) in [7, 11) is 0. The lowest BCUT2D eigenvalue weighted by atomic mass is 10.5. The van der Waals surface area contributed by atoms with Gasteiger partial charge in [0.15, 0.2) is 5.16 Å². The molecule has 82 valence electrons. The van der Waals surface area contributed by atoms with Crippen molar-refractivity contribution in [2.24, 2.45) is 5.73 Å². The lowest BCUT2D eigenvalue weighted by Crippen LogP contribution is -2.23. The van der Waals surface area contributed by atoms with E-state index >= 15 is 0 Å². The number of carbonyl (C=O) groups excluding carboxylic acids is 1. The molecule has 15 heavy (non-hydrogen) atoms. The first-order valence-corrected chi connectivity index (χ1v) is 5.41. The highest BCUT2D eigenvalue weighted by atomic mass is 32.2. The number of nitrogens with two attached hydrogens (primary N) is 1. The zero-order chi connectivity index (χ0) is 11.4. The van der Waals surface area contributed by atoms with Crippen molar-refractivity contribution < 1.29 is 4.79 Å². The first kappa shape index (κ1) is 11.8. The Hall–Kier alpha value is -1.30. The van der Waals surface area contributed by atoms with Crippen LogP contribution in [-0.2, 0) is 11.3 Å². The molecule has 1 heterocycles. The lowest BCUT2D eigenvalue weighted by Gasteiger charge is -2.07. The number of amides is 1. The molecule has 0 bridgehead atoms. The fraction of sp³-hybridized carbons (Fsp3) is 0.444. The van der Waals surface area contributed by atoms with Crippen LogP contribution in [0.4, 0.5) is 0 Å². The van der Waals surface area contributed by atoms with Crippen molar-refractivity contribution in [3.63, 3.8) is 0 Å². The molecule has 1 rings (SSSR count). The molecule has 1 amide bonds. The highest BCUT2D eigenvalue weighted by molar-refractivity contribution is 8.00. The van der Waals surface area contributed by atoms with Crippen molar-refractivity contribution in [1.82, 2.24) is 14.8 Å². The summed E-state index contributed by atoms with van der Waals surface area (Å²) in [6, 6.07) is 0. The third-order valence-electron chi connectivity index (χ3n) is 1.90. The minimum Gasteiger partial charge on any atom is -0.369 e. The van der Waals surface area contributed by atoms with Gasteiger partial charge in [-0.3, -0.25) is 4.79 Å². The molecule has 0 radical (unpaired) electrons. The van der Waals surface area contributed by atoms with Gasteiger partial charge in [-0.2, -0.15) is 0 Å². The standard InChI is InChI=1S/C9H14N4OS/c1-4-5-13-7(3)11-12-9(13)15-6(2)8(10)14/h4,6H,1,5H2,2-3H3,(H2,10,14)/t6-/m1/s1. The zero-order valence-corrected chi connectivity index (χ0v) is 9.62. The summed E-state index contributed by atoms with van der Waals surface area (Å²) in [6.07, 6.45) is 1.76. The number of thioether (sulfide) groups is 1. The maximum Gasteiger partial charge on any atom is 0.230 e. The lowest BCUT2D eigenvalue weighted by molar-refractivity contribution is -0.117. The molecule has 0 spiro atoms. The largest absolute Gasteiger partial charge is 0.369 e. The second-order valence-corrected chi connectivity index (χ2v) is 4.40. The molecule has 0 aromatic carbocycles. The molecule has 0 unspecified atom stereocenters. The molecular weight excluding hydrogens is 212 g/mol. The van der Waals surface area contributed by atoms with E-state index in [1.807, 2.05) is 11.5 Å². The van der Waals surface area contributed by atoms with Crippen molar-refractivity contribution in [2.75, 3.05) is 0 Å². The van der Waals surface area contributed by atoms with Gasteiger partial charge in [-0.25, -0.2) is 0 Å². The van der Waals surface area contributed by atoms with Gasteiger partial charge >= 0.3 is 0 Å². The molecule has 0 aliphatic carbocycles. The van der Waals surface area contributed by atoms with Gasteiger partial charge in [0.25, 0.3) is 0 Å². The molecule has 0 saturated heterocycles. The van der Waals surface area contributed by atoms with Crippen LogP contribution >= 0.6 is 11.8 Å². The van der Waals surface area contributed by atoms with Gasteiger partial charge in [-0.15, -0.1) is 16.8 Å². The molecule has 1 aromatic heterocycles. The minimum atomic E-state index is -0.356. The fourth-order valence-corrected chi connectivity index (χ4v) is 1.86. The van der Waals surface area contributed by atoms with Gasteiger partial charge in [0.05, 0.1) is 5.25 Å². The Balaban J connectivity index is 2.84. The molecule has 0 aliphatic rings. The number of rotatable bonds is 5. The number of carbonyl (C=O) groups is 1. The number of hydrogen-bond donors (Lipinski definition) is 1. The zero-order valence-electron chi connectivity index (χ0n) is 8.80. The minimum absolute atomic E-state index is 0.308. The molecule has 1 atom stereocenters. The number of allylic oxidation sites excluding steroid dienone is 1. The molecule has 0 saturated carbocycles. The van der Waals surface area contributed by atoms with Crippen LogP contribution < -0.4 is 5.73 Å². The third-order valence-corrected chi connectivity index (χ3v) is 3.00. The highest BCUT2D eigenvalue weighted by Gasteiger charge is 2.15. The highest BCUT2D eigenvalue weighted by Crippen LogP contribution is 2.21. The van der Waals surface area contributed by atoms with Crippen LogP contribution in [0.25, 0.3) is 0 Å². The average Bonchev–Trinajstić information content (AvgIpc) is 2.50. The van der Waals surface area contributed by atoms with E-state index in [9.17, 15) is 4.79 Å². The Labute approximate surface area is 92.7 Å². The Morgan fingerprint density at radius 2 is 2.40 bits per heavy atom. The summed E-state index contributed by atoms with van der Waals surface area (Å²) in [6.45, 7) is 7.89. The summed E-state index contributed by atoms with van der Waals surface area (Å²) in [4.78, 5) is 10.9. The summed E-state index contributed by atoms with van der Waals surface area (Å²) in [5.41, 5.74) is 5.18. The van der Waals surface area contributed by atoms with Gasteiger partial charge < -0.3 is 10.3 Å². The van der Waals surface area contributed by atoms with Crippen LogP contribution in [0.2, 0.25) is 0 Å². The van der Waals surface area contributed by atoms with E-state index in [-0.39, 0.29) is 11.2 Å². The monoisotopic (exact) mass is 226 g/mol. The van der Waals surface area contributed by atoms with Gasteiger partial charge in [0, 0.05) is 6.54 Å². The molecule has 0 aliphatic heterocycles. The van der Waals surface area contributed by atoms with E-state index in [1.165, 1.54) is 11.8 Å². The van der Waals surface area contributed by atoms with E-state index in [1.54, 1.807) is 13.0 Å². The van der Waals surface area contributed by atoms with E-state index in [0.29, 0.717) is 11.7 Å². The number of aromatic nitrogens is 3. The Bertz CT molecular complexity index is 374. The molecule has 0 fully saturated rings. The van der Waals surface area contributed by atoms with E-state index < -0.39 is 0 Å². The smallest absolute Gasteiger partial charge is 0.230 e. The summed E-state index contributed by atoms with van der Waals surface area (Å²) >= 11 is 1.31. The second kappa shape index (κ2) is 4.97. The van der Waals surface area contributed by atoms with Crippen LogP contribution in [0, 0.1) is 6.92 Å². The van der Waals surface area contributed by atoms with Crippen molar-refractivity contribution in [3.8, 4) is 0 Å². The molecule has 1 aromatic rings. The first-order chi connectivity index (χ1) is 7.06. The normalized spacial score (nSPS) is 12.4. The van der Waals surface area contributed by atoms with Gasteiger partial charge in [0.2, 0.25) is 5.91 Å². The maximum absolute atomic E-state index is 10.9. The van der Waals surface area contributed by atoms with Gasteiger partial charge in [0.1, 0.15) is 5.82 Å². The van der Waals surface area contributed by atoms with Crippen molar-refractivity contribution in [2.45, 2.75) is 30.8 Å². The predicted octanol–water partition coefficient (Wildman–Crippen LogP) is 0.738. The van der Waals surface area contributed by atoms with E-state index in [2.05, 4.69) is 16.8 Å². The fourth-order valence-electron chi connectivity index (χ4n) is 1.00. The van der Waals surface area contributed by atoms with Crippen LogP contribution in [-0.4, -0.2) is 25.9 Å². The third kappa shape index (κ3) is 2.82. The molecular formula is C9H14N4OS. The van der Waals surface area contributed by atoms with Crippen molar-refractivity contribution in [3.05, 3.63) is 18.5 Å². The molecule has 5 nitrogen and oxygen atoms in total. The van der Waals surface area contributed by atoms with Crippen molar-refractivity contribution >= 4 is 17.7 Å². The SMILES string of the molecule is C=CCn1c(C)nnc1S[C@H](C)C(N)=O. The first-order valence-electron chi connectivity index (χ1n) is 4.53. The summed E-state index contributed by atoms with van der Waals surface area (Å²) in [5, 5.41) is 8.30. The Morgan fingerprint density at radius 3 is 2.93 bits per heavy atom. The summed E-state index contributed by atoms with van der Waals surface area (Å²) < 4.78 is 1.89. The van der Waals surface area contributed by atoms with Crippen LogP contribution in [0.3, 0.4) is 0 Å². The van der Waals surface area contributed by atoms with E-state index in [0.717, 1.165) is 5.82 Å². The van der Waals surface area contributed by atoms with Crippen molar-refractivity contribution in [1.29, 1.82) is 0 Å². The van der Waals surface area contributed by atoms with Gasteiger partial charge in [-0.1, -0.05) is 17.8 Å².